The summed E-state index contributed by atoms with van der Waals surface area (Å²) in [5.74, 6) is -1.20. The second-order valence-electron chi connectivity index (χ2n) is 7.37. The average Bonchev–Trinajstić information content (AvgIpc) is 3.49. The SMILES string of the molecule is O=C(NC1CCCC1Nc1nc2ccc(F)cc2s1)c1cc(F)ccc1-n1nccn1. The van der Waals surface area contributed by atoms with E-state index in [9.17, 15) is 13.6 Å². The van der Waals surface area contributed by atoms with Gasteiger partial charge in [0.1, 0.15) is 11.6 Å². The Balaban J connectivity index is 1.34. The highest BCUT2D eigenvalue weighted by atomic mass is 32.1. The van der Waals surface area contributed by atoms with E-state index in [1.54, 1.807) is 6.07 Å². The molecule has 1 aliphatic rings. The Morgan fingerprint density at radius 2 is 1.77 bits per heavy atom. The number of halogens is 2. The van der Waals surface area contributed by atoms with E-state index in [-0.39, 0.29) is 23.5 Å². The van der Waals surface area contributed by atoms with Gasteiger partial charge in [-0.2, -0.15) is 15.0 Å². The van der Waals surface area contributed by atoms with Crippen molar-refractivity contribution in [3.05, 3.63) is 66.0 Å². The summed E-state index contributed by atoms with van der Waals surface area (Å²) in [4.78, 5) is 18.8. The fourth-order valence-electron chi connectivity index (χ4n) is 3.88. The number of aromatic nitrogens is 4. The molecule has 2 atom stereocenters. The third-order valence-corrected chi connectivity index (χ3v) is 6.28. The molecule has 1 amide bonds. The molecule has 0 bridgehead atoms. The smallest absolute Gasteiger partial charge is 0.253 e. The van der Waals surface area contributed by atoms with Gasteiger partial charge in [0.25, 0.3) is 5.91 Å². The van der Waals surface area contributed by atoms with Crippen LogP contribution in [0.1, 0.15) is 29.6 Å². The van der Waals surface area contributed by atoms with Crippen LogP contribution in [0, 0.1) is 11.6 Å². The van der Waals surface area contributed by atoms with Crippen LogP contribution in [0.4, 0.5) is 13.9 Å². The van der Waals surface area contributed by atoms with Crippen LogP contribution in [0.3, 0.4) is 0 Å². The number of carbonyl (C=O) groups is 1. The largest absolute Gasteiger partial charge is 0.357 e. The van der Waals surface area contributed by atoms with Gasteiger partial charge in [-0.05, 0) is 55.7 Å². The normalized spacial score (nSPS) is 18.4. The van der Waals surface area contributed by atoms with Gasteiger partial charge in [-0.3, -0.25) is 4.79 Å². The maximum atomic E-state index is 13.9. The average molecular weight is 440 g/mol. The Kier molecular flexibility index (Phi) is 5.06. The van der Waals surface area contributed by atoms with Gasteiger partial charge in [-0.1, -0.05) is 11.3 Å². The molecule has 2 aromatic carbocycles. The van der Waals surface area contributed by atoms with Gasteiger partial charge in [0, 0.05) is 12.1 Å². The third kappa shape index (κ3) is 3.98. The molecule has 0 aliphatic heterocycles. The first-order valence-electron chi connectivity index (χ1n) is 9.86. The number of benzene rings is 2. The number of amides is 1. The van der Waals surface area contributed by atoms with Crippen molar-refractivity contribution in [3.8, 4) is 5.69 Å². The molecule has 0 saturated heterocycles. The molecule has 2 N–H and O–H groups in total. The molecule has 2 heterocycles. The topological polar surface area (TPSA) is 84.7 Å². The van der Waals surface area contributed by atoms with Crippen LogP contribution in [0.15, 0.2) is 48.8 Å². The molecule has 4 aromatic rings. The summed E-state index contributed by atoms with van der Waals surface area (Å²) in [6.07, 6.45) is 5.55. The van der Waals surface area contributed by atoms with Crippen LogP contribution in [0.5, 0.6) is 0 Å². The highest BCUT2D eigenvalue weighted by Crippen LogP contribution is 2.30. The minimum absolute atomic E-state index is 0.0332. The van der Waals surface area contributed by atoms with E-state index in [0.29, 0.717) is 10.8 Å². The van der Waals surface area contributed by atoms with Gasteiger partial charge in [0.05, 0.1) is 33.9 Å². The summed E-state index contributed by atoms with van der Waals surface area (Å²) in [5.41, 5.74) is 1.29. The van der Waals surface area contributed by atoms with Crippen LogP contribution < -0.4 is 10.6 Å². The van der Waals surface area contributed by atoms with Crippen molar-refractivity contribution in [3.63, 3.8) is 0 Å². The van der Waals surface area contributed by atoms with Crippen LogP contribution >= 0.6 is 11.3 Å². The molecule has 7 nitrogen and oxygen atoms in total. The van der Waals surface area contributed by atoms with E-state index in [1.807, 2.05) is 0 Å². The fraction of sp³-hybridized carbons (Fsp3) is 0.238. The van der Waals surface area contributed by atoms with E-state index >= 15 is 0 Å². The van der Waals surface area contributed by atoms with Crippen molar-refractivity contribution >= 4 is 32.6 Å². The van der Waals surface area contributed by atoms with Gasteiger partial charge in [-0.25, -0.2) is 13.8 Å². The van der Waals surface area contributed by atoms with Gasteiger partial charge < -0.3 is 10.6 Å². The molecular weight excluding hydrogens is 422 g/mol. The zero-order valence-corrected chi connectivity index (χ0v) is 17.1. The number of nitrogens with zero attached hydrogens (tertiary/aromatic N) is 4. The predicted octanol–water partition coefficient (Wildman–Crippen LogP) is 3.92. The lowest BCUT2D eigenvalue weighted by Crippen LogP contribution is -2.43. The standard InChI is InChI=1S/C21H18F2N6OS/c22-12-5-7-18(29-24-8-9-25-29)14(10-12)20(30)26-15-2-1-3-16(15)27-21-28-17-6-4-13(23)11-19(17)31-21/h4-11,15-16H,1-3H2,(H,26,30)(H,27,28). The molecule has 1 fully saturated rings. The summed E-state index contributed by atoms with van der Waals surface area (Å²) in [6, 6.07) is 8.24. The first-order valence-corrected chi connectivity index (χ1v) is 10.7. The number of thiazole rings is 1. The second kappa shape index (κ2) is 8.03. The number of rotatable bonds is 5. The molecular formula is C21H18F2N6OS. The Morgan fingerprint density at radius 1 is 1.03 bits per heavy atom. The van der Waals surface area contributed by atoms with Crippen LogP contribution in [0.25, 0.3) is 15.9 Å². The lowest BCUT2D eigenvalue weighted by atomic mass is 10.1. The Morgan fingerprint density at radius 3 is 2.61 bits per heavy atom. The first-order chi connectivity index (χ1) is 15.1. The molecule has 0 spiro atoms. The first kappa shape index (κ1) is 19.6. The summed E-state index contributed by atoms with van der Waals surface area (Å²) >= 11 is 1.37. The fourth-order valence-corrected chi connectivity index (χ4v) is 4.83. The van der Waals surface area contributed by atoms with E-state index in [4.69, 9.17) is 0 Å². The Hall–Kier alpha value is -3.40. The Bertz CT molecular complexity index is 1240. The number of hydrogen-bond donors (Lipinski definition) is 2. The molecule has 2 unspecified atom stereocenters. The van der Waals surface area contributed by atoms with Gasteiger partial charge in [0.2, 0.25) is 0 Å². The highest BCUT2D eigenvalue weighted by molar-refractivity contribution is 7.22. The number of hydrogen-bond acceptors (Lipinski definition) is 6. The summed E-state index contributed by atoms with van der Waals surface area (Å²) in [6.45, 7) is 0. The molecule has 10 heteroatoms. The number of anilines is 1. The van der Waals surface area contributed by atoms with Crippen LogP contribution in [-0.2, 0) is 0 Å². The highest BCUT2D eigenvalue weighted by Gasteiger charge is 2.30. The van der Waals surface area contributed by atoms with Crippen molar-refractivity contribution in [1.82, 2.24) is 25.3 Å². The summed E-state index contributed by atoms with van der Waals surface area (Å²) in [5, 5.41) is 15.2. The molecule has 0 radical (unpaired) electrons. The van der Waals surface area contributed by atoms with Gasteiger partial charge in [0.15, 0.2) is 5.13 Å². The van der Waals surface area contributed by atoms with Gasteiger partial charge >= 0.3 is 0 Å². The third-order valence-electron chi connectivity index (χ3n) is 5.33. The number of carbonyl (C=O) groups excluding carboxylic acids is 1. The predicted molar refractivity (Wildman–Crippen MR) is 113 cm³/mol. The van der Waals surface area contributed by atoms with Crippen molar-refractivity contribution < 1.29 is 13.6 Å². The molecule has 5 rings (SSSR count). The summed E-state index contributed by atoms with van der Waals surface area (Å²) < 4.78 is 28.1. The lowest BCUT2D eigenvalue weighted by molar-refractivity contribution is 0.0935. The minimum atomic E-state index is -0.510. The number of fused-ring (bicyclic) bond motifs is 1. The maximum absolute atomic E-state index is 13.9. The van der Waals surface area contributed by atoms with Crippen molar-refractivity contribution in [1.29, 1.82) is 0 Å². The second-order valence-corrected chi connectivity index (χ2v) is 8.40. The quantitative estimate of drug-likeness (QED) is 0.491. The Labute approximate surface area is 180 Å². The van der Waals surface area contributed by atoms with E-state index in [2.05, 4.69) is 25.8 Å². The van der Waals surface area contributed by atoms with E-state index in [0.717, 1.165) is 29.5 Å². The molecule has 158 valence electrons. The number of nitrogens with one attached hydrogen (secondary N) is 2. The molecule has 31 heavy (non-hydrogen) atoms. The minimum Gasteiger partial charge on any atom is -0.357 e. The molecule has 1 aliphatic carbocycles. The maximum Gasteiger partial charge on any atom is 0.253 e. The monoisotopic (exact) mass is 440 g/mol. The van der Waals surface area contributed by atoms with Gasteiger partial charge in [-0.15, -0.1) is 0 Å². The van der Waals surface area contributed by atoms with Crippen molar-refractivity contribution in [2.24, 2.45) is 0 Å². The molecule has 1 saturated carbocycles. The van der Waals surface area contributed by atoms with Crippen LogP contribution in [-0.4, -0.2) is 38.0 Å². The zero-order chi connectivity index (χ0) is 21.4. The molecule has 2 aromatic heterocycles. The van der Waals surface area contributed by atoms with E-state index in [1.165, 1.54) is 58.9 Å². The van der Waals surface area contributed by atoms with E-state index < -0.39 is 11.7 Å². The van der Waals surface area contributed by atoms with Crippen molar-refractivity contribution in [2.45, 2.75) is 31.3 Å². The zero-order valence-electron chi connectivity index (χ0n) is 16.3. The van der Waals surface area contributed by atoms with Crippen LogP contribution in [0.2, 0.25) is 0 Å². The lowest BCUT2D eigenvalue weighted by Gasteiger charge is -2.22. The van der Waals surface area contributed by atoms with Crippen molar-refractivity contribution in [2.75, 3.05) is 5.32 Å². The summed E-state index contributed by atoms with van der Waals surface area (Å²) in [7, 11) is 0.